The second-order valence-electron chi connectivity index (χ2n) is 12.3. The summed E-state index contributed by atoms with van der Waals surface area (Å²) in [7, 11) is 0. The van der Waals surface area contributed by atoms with Gasteiger partial charge in [0.2, 0.25) is 5.78 Å². The monoisotopic (exact) mass is 848 g/mol. The molecular weight excluding hydrogens is 809 g/mol. The van der Waals surface area contributed by atoms with E-state index in [2.05, 4.69) is 88.5 Å². The summed E-state index contributed by atoms with van der Waals surface area (Å²) in [4.78, 5) is 40.2. The van der Waals surface area contributed by atoms with Crippen LogP contribution in [0.25, 0.3) is 0 Å². The molecule has 37 heavy (non-hydrogen) atoms. The smallest absolute Gasteiger partial charge is 0.311 e. The number of carbonyl (C=O) groups excluding carboxylic acids is 2. The Bertz CT molecular complexity index is 1110. The Morgan fingerprint density at radius 2 is 1.57 bits per heavy atom. The average molecular weight is 848 g/mol. The van der Waals surface area contributed by atoms with Crippen molar-refractivity contribution in [3.63, 3.8) is 0 Å². The number of allylic oxidation sites excluding steroid dienone is 4. The van der Waals surface area contributed by atoms with E-state index in [-0.39, 0.29) is 40.5 Å². The summed E-state index contributed by atoms with van der Waals surface area (Å²) < 4.78 is -2.26. The van der Waals surface area contributed by atoms with Crippen molar-refractivity contribution in [2.75, 3.05) is 0 Å². The summed E-state index contributed by atoms with van der Waals surface area (Å²) >= 11 is 7.00. The Kier molecular flexibility index (Phi) is 7.69. The molecule has 0 aromatic rings. The second kappa shape index (κ2) is 9.41. The number of Topliss-reactive ketones (excluding diaryl/α,β-unsaturated/α-hetero) is 1. The van der Waals surface area contributed by atoms with Crippen molar-refractivity contribution in [2.45, 2.75) is 96.8 Å². The van der Waals surface area contributed by atoms with Crippen LogP contribution in [0.5, 0.6) is 0 Å². The molecule has 206 valence electrons. The van der Waals surface area contributed by atoms with E-state index in [1.165, 1.54) is 0 Å². The fourth-order valence-corrected chi connectivity index (χ4v) is 14.4. The molecule has 5 nitrogen and oxygen atoms in total. The van der Waals surface area contributed by atoms with E-state index < -0.39 is 27.1 Å². The Balaban J connectivity index is 0.00000156. The van der Waals surface area contributed by atoms with Crippen LogP contribution in [0.4, 0.5) is 0 Å². The molecule has 5 rings (SSSR count). The molecule has 0 aromatic carbocycles. The molecule has 0 aliphatic heterocycles. The van der Waals surface area contributed by atoms with Crippen LogP contribution in [0.1, 0.15) is 86.5 Å². The summed E-state index contributed by atoms with van der Waals surface area (Å²) in [5.41, 5.74) is -0.800. The molecule has 0 aromatic heterocycles. The lowest BCUT2D eigenvalue weighted by molar-refractivity contribution is -0.163. The minimum atomic E-state index is -0.905. The highest BCUT2D eigenvalue weighted by molar-refractivity contribution is 14.1. The molecule has 0 amide bonds. The van der Waals surface area contributed by atoms with Crippen LogP contribution in [0.15, 0.2) is 23.5 Å². The Morgan fingerprint density at radius 3 is 2.16 bits per heavy atom. The number of ketones is 2. The minimum absolute atomic E-state index is 0.000520. The third-order valence-electron chi connectivity index (χ3n) is 10.9. The second-order valence-corrected chi connectivity index (χ2v) is 18.0. The summed E-state index contributed by atoms with van der Waals surface area (Å²) in [6, 6.07) is 0. The SMILES string of the molecule is CC.CC1CCCC2(C(=O)O)CCC3C4(C)CCC5C(C)(I)C(=O)C(O)=CC5(C)C4=CC(=O)C3(I)C12I. The average Bonchev–Trinajstić information content (AvgIpc) is 2.82. The molecule has 0 spiro atoms. The predicted molar refractivity (Wildman–Crippen MR) is 171 cm³/mol. The zero-order valence-corrected chi connectivity index (χ0v) is 29.1. The quantitative estimate of drug-likeness (QED) is 0.208. The largest absolute Gasteiger partial charge is 0.505 e. The van der Waals surface area contributed by atoms with Crippen LogP contribution >= 0.6 is 67.8 Å². The van der Waals surface area contributed by atoms with Crippen molar-refractivity contribution in [1.82, 2.24) is 0 Å². The molecule has 0 radical (unpaired) electrons. The van der Waals surface area contributed by atoms with Gasteiger partial charge in [-0.3, -0.25) is 14.4 Å². The first-order chi connectivity index (χ1) is 17.0. The van der Waals surface area contributed by atoms with Crippen molar-refractivity contribution >= 4 is 85.3 Å². The lowest BCUT2D eigenvalue weighted by Gasteiger charge is -2.69. The van der Waals surface area contributed by atoms with E-state index in [4.69, 9.17) is 0 Å². The maximum atomic E-state index is 14.4. The van der Waals surface area contributed by atoms with Gasteiger partial charge in [-0.2, -0.15) is 0 Å². The van der Waals surface area contributed by atoms with Gasteiger partial charge in [0.05, 0.1) is 12.3 Å². The van der Waals surface area contributed by atoms with Gasteiger partial charge in [-0.05, 0) is 80.8 Å². The molecule has 0 saturated heterocycles. The topological polar surface area (TPSA) is 91.7 Å². The Morgan fingerprint density at radius 1 is 0.973 bits per heavy atom. The summed E-state index contributed by atoms with van der Waals surface area (Å²) in [5.74, 6) is -1.08. The van der Waals surface area contributed by atoms with Crippen LogP contribution in [0, 0.1) is 34.0 Å². The fourth-order valence-electron chi connectivity index (χ4n) is 9.27. The highest BCUT2D eigenvalue weighted by atomic mass is 127. The van der Waals surface area contributed by atoms with Crippen LogP contribution in [0.3, 0.4) is 0 Å². The molecule has 8 heteroatoms. The molecule has 5 aliphatic rings. The van der Waals surface area contributed by atoms with Gasteiger partial charge in [0.1, 0.15) is 3.42 Å². The normalized spacial score (nSPS) is 50.7. The fraction of sp³-hybridized carbons (Fsp3) is 0.759. The molecule has 3 fully saturated rings. The third kappa shape index (κ3) is 3.51. The highest BCUT2D eigenvalue weighted by Gasteiger charge is 2.78. The first-order valence-corrected chi connectivity index (χ1v) is 16.8. The summed E-state index contributed by atoms with van der Waals surface area (Å²) in [6.07, 6.45) is 8.93. The molecule has 5 aliphatic carbocycles. The van der Waals surface area contributed by atoms with Gasteiger partial charge in [0.15, 0.2) is 11.5 Å². The number of rotatable bonds is 1. The van der Waals surface area contributed by atoms with Crippen molar-refractivity contribution in [2.24, 2.45) is 34.0 Å². The number of carboxylic acids is 1. The van der Waals surface area contributed by atoms with Gasteiger partial charge in [0.25, 0.3) is 0 Å². The van der Waals surface area contributed by atoms with Gasteiger partial charge < -0.3 is 10.2 Å². The molecule has 0 heterocycles. The van der Waals surface area contributed by atoms with Crippen molar-refractivity contribution in [1.29, 1.82) is 0 Å². The van der Waals surface area contributed by atoms with Crippen molar-refractivity contribution in [3.8, 4) is 0 Å². The first kappa shape index (κ1) is 30.2. The maximum Gasteiger partial charge on any atom is 0.311 e. The van der Waals surface area contributed by atoms with Gasteiger partial charge in [-0.25, -0.2) is 0 Å². The van der Waals surface area contributed by atoms with E-state index in [0.29, 0.717) is 19.3 Å². The first-order valence-electron chi connectivity index (χ1n) is 13.6. The van der Waals surface area contributed by atoms with Crippen LogP contribution in [0.2, 0.25) is 0 Å². The molecular formula is C29H39I3O5. The molecule has 9 unspecified atom stereocenters. The van der Waals surface area contributed by atoms with E-state index in [1.54, 1.807) is 6.08 Å². The van der Waals surface area contributed by atoms with E-state index in [9.17, 15) is 24.6 Å². The number of aliphatic hydroxyl groups is 1. The highest BCUT2D eigenvalue weighted by Crippen LogP contribution is 2.75. The molecule has 3 saturated carbocycles. The lowest BCUT2D eigenvalue weighted by Crippen LogP contribution is -2.75. The number of hydrogen-bond donors (Lipinski definition) is 2. The zero-order chi connectivity index (χ0) is 28.0. The lowest BCUT2D eigenvalue weighted by atomic mass is 9.39. The number of halogens is 3. The third-order valence-corrected chi connectivity index (χ3v) is 18.3. The molecule has 9 atom stereocenters. The zero-order valence-electron chi connectivity index (χ0n) is 22.6. The summed E-state index contributed by atoms with van der Waals surface area (Å²) in [5, 5.41) is 21.3. The number of hydrogen-bond acceptors (Lipinski definition) is 4. The van der Waals surface area contributed by atoms with Crippen molar-refractivity contribution < 1.29 is 24.6 Å². The standard InChI is InChI=1S/C27H33I3O5.C2H6/c1-14-6-5-9-25(21(34)35)11-8-17-22(2)10-7-16-23(3,13-15(31)20(33)24(16,4)28)18(22)12-19(32)26(17,29)27(14,25)30;1-2/h12-14,16-17,31H,5-11H2,1-4H3,(H,34,35);1-2H3. The van der Waals surface area contributed by atoms with Gasteiger partial charge in [-0.15, -0.1) is 0 Å². The van der Waals surface area contributed by atoms with Crippen LogP contribution < -0.4 is 0 Å². The molecule has 2 N–H and O–H groups in total. The number of carbonyl (C=O) groups is 3. The number of fused-ring (bicyclic) bond motifs is 7. The maximum absolute atomic E-state index is 14.4. The molecule has 0 bridgehead atoms. The van der Waals surface area contributed by atoms with E-state index >= 15 is 0 Å². The van der Waals surface area contributed by atoms with Crippen molar-refractivity contribution in [3.05, 3.63) is 23.5 Å². The van der Waals surface area contributed by atoms with Gasteiger partial charge in [0, 0.05) is 5.41 Å². The van der Waals surface area contributed by atoms with E-state index in [0.717, 1.165) is 31.3 Å². The van der Waals surface area contributed by atoms with Gasteiger partial charge in [-0.1, -0.05) is 114 Å². The van der Waals surface area contributed by atoms with Gasteiger partial charge >= 0.3 is 5.97 Å². The number of alkyl halides is 3. The minimum Gasteiger partial charge on any atom is -0.505 e. The number of aliphatic carboxylic acids is 1. The Labute approximate surface area is 261 Å². The van der Waals surface area contributed by atoms with Crippen LogP contribution in [-0.2, 0) is 14.4 Å². The summed E-state index contributed by atoms with van der Waals surface area (Å²) in [6.45, 7) is 12.4. The number of aliphatic hydroxyl groups excluding tert-OH is 1. The number of carboxylic acid groups (broad SMARTS) is 1. The van der Waals surface area contributed by atoms with Crippen LogP contribution in [-0.4, -0.2) is 38.0 Å². The Hall–Kier alpha value is 0.280. The predicted octanol–water partition coefficient (Wildman–Crippen LogP) is 7.81. The van der Waals surface area contributed by atoms with E-state index in [1.807, 2.05) is 26.8 Å².